The quantitative estimate of drug-likeness (QED) is 0.704. The lowest BCUT2D eigenvalue weighted by Gasteiger charge is -2.12. The van der Waals surface area contributed by atoms with Gasteiger partial charge in [0.2, 0.25) is 11.8 Å². The number of hydrogen-bond donors (Lipinski definition) is 3. The zero-order chi connectivity index (χ0) is 14.3. The smallest absolute Gasteiger partial charge is 0.241 e. The van der Waals surface area contributed by atoms with E-state index >= 15 is 0 Å². The molecular formula is C14H21N3O2. The molecule has 0 spiro atoms. The second kappa shape index (κ2) is 7.53. The van der Waals surface area contributed by atoms with E-state index in [-0.39, 0.29) is 18.4 Å². The summed E-state index contributed by atoms with van der Waals surface area (Å²) < 4.78 is 0. The number of nitrogens with two attached hydrogens (primary N) is 1. The van der Waals surface area contributed by atoms with Crippen molar-refractivity contribution in [2.45, 2.75) is 26.3 Å². The van der Waals surface area contributed by atoms with E-state index in [1.807, 2.05) is 38.1 Å². The Morgan fingerprint density at radius 2 is 1.84 bits per heavy atom. The van der Waals surface area contributed by atoms with Crippen LogP contribution in [0.25, 0.3) is 0 Å². The van der Waals surface area contributed by atoms with Crippen molar-refractivity contribution < 1.29 is 9.59 Å². The Morgan fingerprint density at radius 1 is 1.21 bits per heavy atom. The molecule has 1 atom stereocenters. The molecule has 0 aromatic heterocycles. The average Bonchev–Trinajstić information content (AvgIpc) is 2.42. The molecule has 0 aliphatic heterocycles. The highest BCUT2D eigenvalue weighted by Gasteiger charge is 2.15. The summed E-state index contributed by atoms with van der Waals surface area (Å²) in [6.07, 6.45) is 0.864. The lowest BCUT2D eigenvalue weighted by atomic mass is 10.1. The summed E-state index contributed by atoms with van der Waals surface area (Å²) in [7, 11) is 0. The van der Waals surface area contributed by atoms with E-state index in [0.29, 0.717) is 6.54 Å². The van der Waals surface area contributed by atoms with Crippen LogP contribution in [0.15, 0.2) is 24.3 Å². The van der Waals surface area contributed by atoms with Gasteiger partial charge >= 0.3 is 0 Å². The van der Waals surface area contributed by atoms with Crippen LogP contribution in [-0.4, -0.2) is 24.9 Å². The van der Waals surface area contributed by atoms with E-state index in [2.05, 4.69) is 10.6 Å². The number of carbonyl (C=O) groups is 2. The summed E-state index contributed by atoms with van der Waals surface area (Å²) in [5, 5.41) is 5.21. The largest absolute Gasteiger partial charge is 0.355 e. The molecular weight excluding hydrogens is 242 g/mol. The van der Waals surface area contributed by atoms with Crippen LogP contribution >= 0.6 is 0 Å². The standard InChI is InChI=1S/C14H21N3O2/c1-3-8-16-12(18)9-17-14(19)13(15)11-6-4-10(2)5-7-11/h4-7,13H,3,8-9,15H2,1-2H3,(H,16,18)(H,17,19). The minimum atomic E-state index is -0.750. The van der Waals surface area contributed by atoms with E-state index in [1.165, 1.54) is 0 Å². The van der Waals surface area contributed by atoms with Gasteiger partial charge in [-0.2, -0.15) is 0 Å². The Hall–Kier alpha value is -1.88. The first-order valence-corrected chi connectivity index (χ1v) is 6.41. The highest BCUT2D eigenvalue weighted by molar-refractivity contribution is 5.87. The molecule has 4 N–H and O–H groups in total. The molecule has 104 valence electrons. The van der Waals surface area contributed by atoms with E-state index in [4.69, 9.17) is 5.73 Å². The first-order chi connectivity index (χ1) is 9.04. The van der Waals surface area contributed by atoms with Gasteiger partial charge in [-0.25, -0.2) is 0 Å². The molecule has 0 aliphatic rings. The van der Waals surface area contributed by atoms with Gasteiger partial charge in [0.1, 0.15) is 6.04 Å². The predicted molar refractivity (Wildman–Crippen MR) is 74.4 cm³/mol. The van der Waals surface area contributed by atoms with Gasteiger partial charge in [0.25, 0.3) is 0 Å². The predicted octanol–water partition coefficient (Wildman–Crippen LogP) is 0.637. The number of benzene rings is 1. The molecule has 0 radical (unpaired) electrons. The maximum atomic E-state index is 11.8. The molecule has 0 aliphatic carbocycles. The monoisotopic (exact) mass is 263 g/mol. The normalized spacial score (nSPS) is 11.7. The third-order valence-corrected chi connectivity index (χ3v) is 2.71. The van der Waals surface area contributed by atoms with Crippen molar-refractivity contribution >= 4 is 11.8 Å². The summed E-state index contributed by atoms with van der Waals surface area (Å²) in [6.45, 7) is 4.50. The number of rotatable bonds is 6. The van der Waals surface area contributed by atoms with Crippen LogP contribution in [0, 0.1) is 6.92 Å². The van der Waals surface area contributed by atoms with Gasteiger partial charge in [0.15, 0.2) is 0 Å². The lowest BCUT2D eigenvalue weighted by Crippen LogP contribution is -2.41. The fraction of sp³-hybridized carbons (Fsp3) is 0.429. The highest BCUT2D eigenvalue weighted by Crippen LogP contribution is 2.11. The molecule has 19 heavy (non-hydrogen) atoms. The topological polar surface area (TPSA) is 84.2 Å². The number of aryl methyl sites for hydroxylation is 1. The molecule has 0 fully saturated rings. The van der Waals surface area contributed by atoms with Crippen molar-refractivity contribution in [1.82, 2.24) is 10.6 Å². The van der Waals surface area contributed by atoms with Crippen LogP contribution < -0.4 is 16.4 Å². The molecule has 1 unspecified atom stereocenters. The van der Waals surface area contributed by atoms with Crippen LogP contribution in [-0.2, 0) is 9.59 Å². The lowest BCUT2D eigenvalue weighted by molar-refractivity contribution is -0.126. The van der Waals surface area contributed by atoms with Gasteiger partial charge in [-0.15, -0.1) is 0 Å². The van der Waals surface area contributed by atoms with Gasteiger partial charge < -0.3 is 16.4 Å². The van der Waals surface area contributed by atoms with Gasteiger partial charge in [0.05, 0.1) is 6.54 Å². The third kappa shape index (κ3) is 5.09. The highest BCUT2D eigenvalue weighted by atomic mass is 16.2. The Balaban J connectivity index is 2.44. The molecule has 2 amide bonds. The minimum Gasteiger partial charge on any atom is -0.355 e. The summed E-state index contributed by atoms with van der Waals surface area (Å²) in [6, 6.07) is 6.68. The molecule has 1 rings (SSSR count). The molecule has 0 heterocycles. The van der Waals surface area contributed by atoms with Crippen molar-refractivity contribution in [2.75, 3.05) is 13.1 Å². The molecule has 1 aromatic carbocycles. The molecule has 5 heteroatoms. The van der Waals surface area contributed by atoms with E-state index in [0.717, 1.165) is 17.5 Å². The summed E-state index contributed by atoms with van der Waals surface area (Å²) in [5.74, 6) is -0.554. The first kappa shape index (κ1) is 15.2. The molecule has 1 aromatic rings. The van der Waals surface area contributed by atoms with Gasteiger partial charge in [0, 0.05) is 6.54 Å². The Morgan fingerprint density at radius 3 is 2.42 bits per heavy atom. The molecule has 5 nitrogen and oxygen atoms in total. The van der Waals surface area contributed by atoms with Crippen molar-refractivity contribution in [3.05, 3.63) is 35.4 Å². The van der Waals surface area contributed by atoms with Gasteiger partial charge in [-0.05, 0) is 18.9 Å². The van der Waals surface area contributed by atoms with Crippen molar-refractivity contribution in [1.29, 1.82) is 0 Å². The first-order valence-electron chi connectivity index (χ1n) is 6.41. The van der Waals surface area contributed by atoms with Crippen molar-refractivity contribution in [3.63, 3.8) is 0 Å². The number of amides is 2. The van der Waals surface area contributed by atoms with Crippen LogP contribution in [0.1, 0.15) is 30.5 Å². The van der Waals surface area contributed by atoms with Crippen molar-refractivity contribution in [2.24, 2.45) is 5.73 Å². The Kier molecular flexibility index (Phi) is 6.02. The average molecular weight is 263 g/mol. The number of hydrogen-bond acceptors (Lipinski definition) is 3. The van der Waals surface area contributed by atoms with Crippen LogP contribution in [0.2, 0.25) is 0 Å². The summed E-state index contributed by atoms with van der Waals surface area (Å²) >= 11 is 0. The fourth-order valence-electron chi connectivity index (χ4n) is 1.53. The molecule has 0 saturated carbocycles. The van der Waals surface area contributed by atoms with Crippen molar-refractivity contribution in [3.8, 4) is 0 Å². The van der Waals surface area contributed by atoms with Gasteiger partial charge in [-0.1, -0.05) is 36.8 Å². The van der Waals surface area contributed by atoms with Crippen LogP contribution in [0.5, 0.6) is 0 Å². The maximum Gasteiger partial charge on any atom is 0.241 e. The number of carbonyl (C=O) groups excluding carboxylic acids is 2. The number of nitrogens with one attached hydrogen (secondary N) is 2. The van der Waals surface area contributed by atoms with Gasteiger partial charge in [-0.3, -0.25) is 9.59 Å². The summed E-state index contributed by atoms with van der Waals surface area (Å²) in [4.78, 5) is 23.1. The fourth-order valence-corrected chi connectivity index (χ4v) is 1.53. The van der Waals surface area contributed by atoms with E-state index in [9.17, 15) is 9.59 Å². The van der Waals surface area contributed by atoms with Crippen LogP contribution in [0.3, 0.4) is 0 Å². The summed E-state index contributed by atoms with van der Waals surface area (Å²) in [5.41, 5.74) is 7.67. The second-order valence-electron chi connectivity index (χ2n) is 4.46. The molecule has 0 saturated heterocycles. The van der Waals surface area contributed by atoms with Crippen LogP contribution in [0.4, 0.5) is 0 Å². The maximum absolute atomic E-state index is 11.8. The minimum absolute atomic E-state index is 0.0433. The third-order valence-electron chi connectivity index (χ3n) is 2.71. The molecule has 0 bridgehead atoms. The Labute approximate surface area is 113 Å². The van der Waals surface area contributed by atoms with E-state index < -0.39 is 6.04 Å². The SMILES string of the molecule is CCCNC(=O)CNC(=O)C(N)c1ccc(C)cc1. The zero-order valence-electron chi connectivity index (χ0n) is 11.4. The zero-order valence-corrected chi connectivity index (χ0v) is 11.4. The Bertz CT molecular complexity index is 429. The second-order valence-corrected chi connectivity index (χ2v) is 4.46. The van der Waals surface area contributed by atoms with E-state index in [1.54, 1.807) is 0 Å².